The molecular formula is C11H13N3O3. The van der Waals surface area contributed by atoms with Gasteiger partial charge in [-0.25, -0.2) is 4.79 Å². The molecule has 6 heteroatoms. The van der Waals surface area contributed by atoms with E-state index in [4.69, 9.17) is 10.8 Å². The summed E-state index contributed by atoms with van der Waals surface area (Å²) in [5, 5.41) is 8.55. The molecule has 0 unspecified atom stereocenters. The molecule has 0 radical (unpaired) electrons. The van der Waals surface area contributed by atoms with Crippen LogP contribution in [-0.4, -0.2) is 20.6 Å². The molecule has 1 aromatic carbocycles. The average Bonchev–Trinajstić information content (AvgIpc) is 2.55. The van der Waals surface area contributed by atoms with Crippen LogP contribution < -0.4 is 11.4 Å². The second-order valence-electron chi connectivity index (χ2n) is 3.86. The lowest BCUT2D eigenvalue weighted by molar-refractivity contribution is -0.137. The van der Waals surface area contributed by atoms with Gasteiger partial charge in [0.1, 0.15) is 0 Å². The van der Waals surface area contributed by atoms with Crippen molar-refractivity contribution in [2.45, 2.75) is 19.4 Å². The first kappa shape index (κ1) is 11.3. The van der Waals surface area contributed by atoms with E-state index in [1.54, 1.807) is 18.2 Å². The van der Waals surface area contributed by atoms with E-state index in [0.717, 1.165) is 0 Å². The van der Waals surface area contributed by atoms with E-state index in [1.807, 2.05) is 0 Å². The molecule has 0 aliphatic carbocycles. The number of benzene rings is 1. The first-order chi connectivity index (χ1) is 8.08. The highest BCUT2D eigenvalue weighted by Crippen LogP contribution is 2.14. The molecule has 6 nitrogen and oxygen atoms in total. The Bertz CT molecular complexity index is 612. The lowest BCUT2D eigenvalue weighted by atomic mass is 10.2. The highest BCUT2D eigenvalue weighted by atomic mass is 16.4. The highest BCUT2D eigenvalue weighted by molar-refractivity contribution is 5.78. The molecule has 1 aromatic heterocycles. The van der Waals surface area contributed by atoms with Crippen LogP contribution in [-0.2, 0) is 11.3 Å². The molecule has 4 N–H and O–H groups in total. The number of carboxylic acid groups (broad SMARTS) is 1. The summed E-state index contributed by atoms with van der Waals surface area (Å²) in [5.74, 6) is -0.864. The van der Waals surface area contributed by atoms with Crippen LogP contribution in [0.1, 0.15) is 12.8 Å². The number of nitrogen functional groups attached to an aromatic ring is 1. The number of fused-ring (bicyclic) bond motifs is 1. The number of hydrogen-bond donors (Lipinski definition) is 3. The van der Waals surface area contributed by atoms with Gasteiger partial charge in [-0.2, -0.15) is 0 Å². The zero-order valence-electron chi connectivity index (χ0n) is 9.14. The molecular weight excluding hydrogens is 222 g/mol. The van der Waals surface area contributed by atoms with Gasteiger partial charge in [0.05, 0.1) is 11.0 Å². The third-order valence-electron chi connectivity index (χ3n) is 2.57. The Labute approximate surface area is 96.7 Å². The normalized spacial score (nSPS) is 10.8. The third kappa shape index (κ3) is 2.30. The Balaban J connectivity index is 2.32. The summed E-state index contributed by atoms with van der Waals surface area (Å²) in [5.41, 5.74) is 7.40. The Morgan fingerprint density at radius 3 is 2.94 bits per heavy atom. The van der Waals surface area contributed by atoms with Crippen LogP contribution in [0.15, 0.2) is 23.0 Å². The number of imidazole rings is 1. The van der Waals surface area contributed by atoms with Crippen LogP contribution in [0.2, 0.25) is 0 Å². The van der Waals surface area contributed by atoms with Gasteiger partial charge in [0, 0.05) is 18.7 Å². The molecule has 0 saturated heterocycles. The maximum atomic E-state index is 11.6. The van der Waals surface area contributed by atoms with Gasteiger partial charge in [-0.3, -0.25) is 9.36 Å². The van der Waals surface area contributed by atoms with Crippen molar-refractivity contribution < 1.29 is 9.90 Å². The van der Waals surface area contributed by atoms with Crippen molar-refractivity contribution in [3.63, 3.8) is 0 Å². The fourth-order valence-corrected chi connectivity index (χ4v) is 1.78. The number of aryl methyl sites for hydroxylation is 1. The van der Waals surface area contributed by atoms with Gasteiger partial charge >= 0.3 is 11.7 Å². The van der Waals surface area contributed by atoms with Crippen LogP contribution in [0, 0.1) is 0 Å². The maximum Gasteiger partial charge on any atom is 0.326 e. The van der Waals surface area contributed by atoms with Crippen molar-refractivity contribution in [2.75, 3.05) is 5.73 Å². The second-order valence-corrected chi connectivity index (χ2v) is 3.86. The van der Waals surface area contributed by atoms with Crippen molar-refractivity contribution >= 4 is 22.7 Å². The van der Waals surface area contributed by atoms with Gasteiger partial charge in [-0.05, 0) is 24.6 Å². The number of aliphatic carboxylic acids is 1. The van der Waals surface area contributed by atoms with Crippen molar-refractivity contribution in [1.82, 2.24) is 9.55 Å². The van der Waals surface area contributed by atoms with Gasteiger partial charge in [0.2, 0.25) is 0 Å². The summed E-state index contributed by atoms with van der Waals surface area (Å²) in [4.78, 5) is 24.8. The Hall–Kier alpha value is -2.24. The van der Waals surface area contributed by atoms with Gasteiger partial charge in [-0.1, -0.05) is 0 Å². The molecule has 0 amide bonds. The number of aromatic amines is 1. The number of hydrogen-bond acceptors (Lipinski definition) is 3. The van der Waals surface area contributed by atoms with E-state index in [2.05, 4.69) is 4.98 Å². The summed E-state index contributed by atoms with van der Waals surface area (Å²) < 4.78 is 1.51. The fraction of sp³-hybridized carbons (Fsp3) is 0.273. The van der Waals surface area contributed by atoms with Crippen LogP contribution in [0.25, 0.3) is 11.0 Å². The van der Waals surface area contributed by atoms with Crippen LogP contribution in [0.5, 0.6) is 0 Å². The topological polar surface area (TPSA) is 101 Å². The van der Waals surface area contributed by atoms with Gasteiger partial charge in [-0.15, -0.1) is 0 Å². The SMILES string of the molecule is Nc1ccc2[nH]c(=O)n(CCCC(=O)O)c2c1. The molecule has 0 aliphatic rings. The molecule has 90 valence electrons. The number of nitrogens with zero attached hydrogens (tertiary/aromatic N) is 1. The number of H-pyrrole nitrogens is 1. The summed E-state index contributed by atoms with van der Waals surface area (Å²) in [6, 6.07) is 5.15. The Morgan fingerprint density at radius 1 is 1.47 bits per heavy atom. The summed E-state index contributed by atoms with van der Waals surface area (Å²) in [7, 11) is 0. The zero-order valence-corrected chi connectivity index (χ0v) is 9.14. The van der Waals surface area contributed by atoms with Gasteiger partial charge in [0.25, 0.3) is 0 Å². The number of rotatable bonds is 4. The first-order valence-corrected chi connectivity index (χ1v) is 5.28. The maximum absolute atomic E-state index is 11.6. The molecule has 0 bridgehead atoms. The van der Waals surface area contributed by atoms with E-state index in [-0.39, 0.29) is 12.1 Å². The molecule has 0 atom stereocenters. The van der Waals surface area contributed by atoms with Crippen LogP contribution >= 0.6 is 0 Å². The summed E-state index contributed by atoms with van der Waals surface area (Å²) in [6.45, 7) is 0.370. The number of nitrogens with one attached hydrogen (secondary N) is 1. The van der Waals surface area contributed by atoms with Gasteiger partial charge < -0.3 is 15.8 Å². The minimum Gasteiger partial charge on any atom is -0.481 e. The van der Waals surface area contributed by atoms with E-state index >= 15 is 0 Å². The zero-order chi connectivity index (χ0) is 12.4. The summed E-state index contributed by atoms with van der Waals surface area (Å²) in [6.07, 6.45) is 0.457. The largest absolute Gasteiger partial charge is 0.481 e. The molecule has 0 spiro atoms. The standard InChI is InChI=1S/C11H13N3O3/c12-7-3-4-8-9(6-7)14(11(17)13-8)5-1-2-10(15)16/h3-4,6H,1-2,5,12H2,(H,13,17)(H,15,16). The minimum atomic E-state index is -0.864. The van der Waals surface area contributed by atoms with Crippen LogP contribution in [0.3, 0.4) is 0 Å². The Kier molecular flexibility index (Phi) is 2.86. The smallest absolute Gasteiger partial charge is 0.326 e. The molecule has 2 aromatic rings. The van der Waals surface area contributed by atoms with E-state index in [0.29, 0.717) is 29.7 Å². The lowest BCUT2D eigenvalue weighted by Gasteiger charge is -2.02. The molecule has 2 rings (SSSR count). The molecule has 0 saturated carbocycles. The number of aromatic nitrogens is 2. The molecule has 0 fully saturated rings. The third-order valence-corrected chi connectivity index (χ3v) is 2.57. The fourth-order valence-electron chi connectivity index (χ4n) is 1.78. The van der Waals surface area contributed by atoms with E-state index < -0.39 is 5.97 Å². The summed E-state index contributed by atoms with van der Waals surface area (Å²) >= 11 is 0. The van der Waals surface area contributed by atoms with E-state index in [1.165, 1.54) is 4.57 Å². The number of carboxylic acids is 1. The van der Waals surface area contributed by atoms with Crippen molar-refractivity contribution in [3.8, 4) is 0 Å². The monoisotopic (exact) mass is 235 g/mol. The predicted octanol–water partition coefficient (Wildman–Crippen LogP) is 0.777. The Morgan fingerprint density at radius 2 is 2.24 bits per heavy atom. The van der Waals surface area contributed by atoms with E-state index in [9.17, 15) is 9.59 Å². The van der Waals surface area contributed by atoms with Gasteiger partial charge in [0.15, 0.2) is 0 Å². The predicted molar refractivity (Wildman–Crippen MR) is 63.8 cm³/mol. The molecule has 17 heavy (non-hydrogen) atoms. The van der Waals surface area contributed by atoms with Crippen molar-refractivity contribution in [3.05, 3.63) is 28.7 Å². The number of anilines is 1. The number of nitrogens with two attached hydrogens (primary N) is 1. The van der Waals surface area contributed by atoms with Crippen LogP contribution in [0.4, 0.5) is 5.69 Å². The molecule has 0 aliphatic heterocycles. The quantitative estimate of drug-likeness (QED) is 0.681. The lowest BCUT2D eigenvalue weighted by Crippen LogP contribution is -2.17. The minimum absolute atomic E-state index is 0.0431. The second kappa shape index (κ2) is 4.32. The van der Waals surface area contributed by atoms with Crippen molar-refractivity contribution in [1.29, 1.82) is 0 Å². The highest BCUT2D eigenvalue weighted by Gasteiger charge is 2.07. The molecule has 1 heterocycles. The number of carbonyl (C=O) groups is 1. The van der Waals surface area contributed by atoms with Crippen molar-refractivity contribution in [2.24, 2.45) is 0 Å². The average molecular weight is 235 g/mol. The first-order valence-electron chi connectivity index (χ1n) is 5.28.